The highest BCUT2D eigenvalue weighted by molar-refractivity contribution is 6.42. The number of rotatable bonds is 4. The van der Waals surface area contributed by atoms with Crippen LogP contribution >= 0.6 is 23.2 Å². The van der Waals surface area contributed by atoms with Gasteiger partial charge in [-0.25, -0.2) is 4.79 Å². The fourth-order valence-electron chi connectivity index (χ4n) is 3.45. The molecule has 1 aliphatic rings. The lowest BCUT2D eigenvalue weighted by atomic mass is 9.76. The van der Waals surface area contributed by atoms with Crippen LogP contribution in [0.4, 0.5) is 4.79 Å². The van der Waals surface area contributed by atoms with Crippen molar-refractivity contribution >= 4 is 29.3 Å². The molecule has 1 saturated heterocycles. The normalized spacial score (nSPS) is 23.4. The summed E-state index contributed by atoms with van der Waals surface area (Å²) in [7, 11) is 0. The zero-order chi connectivity index (χ0) is 16.3. The maximum atomic E-state index is 11.7. The standard InChI is InChI=1S/C16H21Cl2NO3/c1-2-7-16(8-3-4-9-19(16)15(21)22)14(20)11-5-6-12(17)13(18)10-11/h5-6,10,14,20H,2-4,7-9H2,1H3,(H,21,22). The van der Waals surface area contributed by atoms with Gasteiger partial charge in [-0.05, 0) is 43.4 Å². The summed E-state index contributed by atoms with van der Waals surface area (Å²) in [4.78, 5) is 13.1. The van der Waals surface area contributed by atoms with Crippen LogP contribution in [0.25, 0.3) is 0 Å². The number of benzene rings is 1. The third-order valence-corrected chi connectivity index (χ3v) is 5.20. The van der Waals surface area contributed by atoms with E-state index in [1.165, 1.54) is 4.90 Å². The van der Waals surface area contributed by atoms with Crippen LogP contribution in [-0.4, -0.2) is 33.3 Å². The number of carboxylic acid groups (broad SMARTS) is 1. The SMILES string of the molecule is CCCC1(C(O)c2ccc(Cl)c(Cl)c2)CCCCN1C(=O)O. The summed E-state index contributed by atoms with van der Waals surface area (Å²) in [6.07, 6.45) is 1.89. The highest BCUT2D eigenvalue weighted by Crippen LogP contribution is 2.43. The molecule has 0 spiro atoms. The summed E-state index contributed by atoms with van der Waals surface area (Å²) in [5.74, 6) is 0. The third kappa shape index (κ3) is 3.19. The first kappa shape index (κ1) is 17.4. The molecule has 2 atom stereocenters. The third-order valence-electron chi connectivity index (χ3n) is 4.46. The number of carbonyl (C=O) groups is 1. The van der Waals surface area contributed by atoms with Crippen molar-refractivity contribution in [3.05, 3.63) is 33.8 Å². The van der Waals surface area contributed by atoms with Crippen molar-refractivity contribution in [3.8, 4) is 0 Å². The monoisotopic (exact) mass is 345 g/mol. The Labute approximate surface area is 140 Å². The van der Waals surface area contributed by atoms with Gasteiger partial charge in [0, 0.05) is 6.54 Å². The van der Waals surface area contributed by atoms with Gasteiger partial charge in [0.2, 0.25) is 0 Å². The molecule has 0 bridgehead atoms. The van der Waals surface area contributed by atoms with Crippen molar-refractivity contribution in [2.24, 2.45) is 0 Å². The fraction of sp³-hybridized carbons (Fsp3) is 0.562. The van der Waals surface area contributed by atoms with Gasteiger partial charge in [0.05, 0.1) is 15.6 Å². The van der Waals surface area contributed by atoms with E-state index in [1.54, 1.807) is 18.2 Å². The van der Waals surface area contributed by atoms with Crippen LogP contribution < -0.4 is 0 Å². The Morgan fingerprint density at radius 1 is 1.36 bits per heavy atom. The van der Waals surface area contributed by atoms with Crippen LogP contribution in [0.5, 0.6) is 0 Å². The molecular weight excluding hydrogens is 325 g/mol. The Hall–Kier alpha value is -0.970. The maximum Gasteiger partial charge on any atom is 0.407 e. The smallest absolute Gasteiger partial charge is 0.407 e. The summed E-state index contributed by atoms with van der Waals surface area (Å²) >= 11 is 12.0. The zero-order valence-electron chi connectivity index (χ0n) is 12.6. The summed E-state index contributed by atoms with van der Waals surface area (Å²) in [5.41, 5.74) is -0.188. The van der Waals surface area contributed by atoms with E-state index in [9.17, 15) is 15.0 Å². The number of amides is 1. The highest BCUT2D eigenvalue weighted by Gasteiger charge is 2.47. The quantitative estimate of drug-likeness (QED) is 0.829. The van der Waals surface area contributed by atoms with Crippen molar-refractivity contribution in [1.82, 2.24) is 4.90 Å². The number of piperidine rings is 1. The molecule has 1 aromatic rings. The lowest BCUT2D eigenvalue weighted by Gasteiger charge is -2.48. The van der Waals surface area contributed by atoms with Crippen LogP contribution in [-0.2, 0) is 0 Å². The van der Waals surface area contributed by atoms with Crippen molar-refractivity contribution in [2.45, 2.75) is 50.7 Å². The van der Waals surface area contributed by atoms with E-state index in [1.807, 2.05) is 6.92 Å². The molecule has 2 N–H and O–H groups in total. The molecule has 0 saturated carbocycles. The maximum absolute atomic E-state index is 11.7. The average Bonchev–Trinajstić information content (AvgIpc) is 2.49. The molecule has 2 rings (SSSR count). The second kappa shape index (κ2) is 7.07. The van der Waals surface area contributed by atoms with E-state index in [4.69, 9.17) is 23.2 Å². The number of hydrogen-bond acceptors (Lipinski definition) is 2. The molecule has 4 nitrogen and oxygen atoms in total. The molecule has 22 heavy (non-hydrogen) atoms. The Morgan fingerprint density at radius 2 is 2.09 bits per heavy atom. The summed E-state index contributed by atoms with van der Waals surface area (Å²) in [6, 6.07) is 4.97. The largest absolute Gasteiger partial charge is 0.465 e. The van der Waals surface area contributed by atoms with E-state index >= 15 is 0 Å². The highest BCUT2D eigenvalue weighted by atomic mass is 35.5. The molecule has 0 aliphatic carbocycles. The van der Waals surface area contributed by atoms with Crippen molar-refractivity contribution in [1.29, 1.82) is 0 Å². The van der Waals surface area contributed by atoms with Crippen LogP contribution in [0.3, 0.4) is 0 Å². The number of hydrogen-bond donors (Lipinski definition) is 2. The summed E-state index contributed by atoms with van der Waals surface area (Å²) < 4.78 is 0. The summed E-state index contributed by atoms with van der Waals surface area (Å²) in [6.45, 7) is 2.45. The number of nitrogens with zero attached hydrogens (tertiary/aromatic N) is 1. The first-order valence-corrected chi connectivity index (χ1v) is 8.31. The van der Waals surface area contributed by atoms with Gasteiger partial charge < -0.3 is 10.2 Å². The van der Waals surface area contributed by atoms with Crippen molar-refractivity contribution < 1.29 is 15.0 Å². The van der Waals surface area contributed by atoms with Gasteiger partial charge in [0.1, 0.15) is 6.10 Å². The van der Waals surface area contributed by atoms with Gasteiger partial charge >= 0.3 is 6.09 Å². The lowest BCUT2D eigenvalue weighted by Crippen LogP contribution is -2.57. The predicted molar refractivity (Wildman–Crippen MR) is 87.6 cm³/mol. The minimum Gasteiger partial charge on any atom is -0.465 e. The fourth-order valence-corrected chi connectivity index (χ4v) is 3.76. The second-order valence-corrected chi connectivity index (χ2v) is 6.64. The molecule has 0 radical (unpaired) electrons. The second-order valence-electron chi connectivity index (χ2n) is 5.82. The van der Waals surface area contributed by atoms with Gasteiger partial charge in [0.25, 0.3) is 0 Å². The number of aliphatic hydroxyl groups is 1. The lowest BCUT2D eigenvalue weighted by molar-refractivity contribution is -0.0515. The summed E-state index contributed by atoms with van der Waals surface area (Å²) in [5, 5.41) is 21.3. The Kier molecular flexibility index (Phi) is 5.59. The minimum atomic E-state index is -0.979. The minimum absolute atomic E-state index is 0.363. The Balaban J connectivity index is 2.43. The number of likely N-dealkylation sites (tertiary alicyclic amines) is 1. The van der Waals surface area contributed by atoms with Gasteiger partial charge in [-0.3, -0.25) is 4.90 Å². The molecule has 1 heterocycles. The van der Waals surface area contributed by atoms with Gasteiger partial charge in [0.15, 0.2) is 0 Å². The molecule has 1 amide bonds. The number of halogens is 2. The van der Waals surface area contributed by atoms with Crippen molar-refractivity contribution in [2.75, 3.05) is 6.54 Å². The van der Waals surface area contributed by atoms with Crippen LogP contribution in [0, 0.1) is 0 Å². The van der Waals surface area contributed by atoms with Crippen LogP contribution in [0.1, 0.15) is 50.7 Å². The van der Waals surface area contributed by atoms with Crippen molar-refractivity contribution in [3.63, 3.8) is 0 Å². The molecule has 1 aliphatic heterocycles. The van der Waals surface area contributed by atoms with Gasteiger partial charge in [-0.1, -0.05) is 42.6 Å². The molecular formula is C16H21Cl2NO3. The topological polar surface area (TPSA) is 60.8 Å². The average molecular weight is 346 g/mol. The molecule has 1 fully saturated rings. The van der Waals surface area contributed by atoms with E-state index in [0.717, 1.165) is 19.3 Å². The zero-order valence-corrected chi connectivity index (χ0v) is 14.1. The van der Waals surface area contributed by atoms with E-state index in [2.05, 4.69) is 0 Å². The first-order valence-electron chi connectivity index (χ1n) is 7.56. The Morgan fingerprint density at radius 3 is 2.68 bits per heavy atom. The van der Waals surface area contributed by atoms with Crippen LogP contribution in [0.15, 0.2) is 18.2 Å². The number of aliphatic hydroxyl groups excluding tert-OH is 1. The van der Waals surface area contributed by atoms with Crippen LogP contribution in [0.2, 0.25) is 10.0 Å². The molecule has 6 heteroatoms. The molecule has 122 valence electrons. The Bertz CT molecular complexity index is 548. The van der Waals surface area contributed by atoms with E-state index < -0.39 is 17.7 Å². The molecule has 1 aromatic carbocycles. The van der Waals surface area contributed by atoms with Gasteiger partial charge in [-0.2, -0.15) is 0 Å². The first-order chi connectivity index (χ1) is 10.4. The predicted octanol–water partition coefficient (Wildman–Crippen LogP) is 4.73. The molecule has 2 unspecified atom stereocenters. The van der Waals surface area contributed by atoms with E-state index in [-0.39, 0.29) is 0 Å². The van der Waals surface area contributed by atoms with E-state index in [0.29, 0.717) is 35.0 Å². The molecule has 0 aromatic heterocycles. The van der Waals surface area contributed by atoms with Gasteiger partial charge in [-0.15, -0.1) is 0 Å².